The first-order valence-corrected chi connectivity index (χ1v) is 5.74. The second kappa shape index (κ2) is 4.51. The van der Waals surface area contributed by atoms with Gasteiger partial charge in [-0.15, -0.1) is 0 Å². The van der Waals surface area contributed by atoms with E-state index >= 15 is 0 Å². The van der Waals surface area contributed by atoms with Gasteiger partial charge < -0.3 is 9.79 Å². The van der Waals surface area contributed by atoms with Gasteiger partial charge in [-0.3, -0.25) is 9.36 Å². The molecule has 0 atom stereocenters. The Kier molecular flexibility index (Phi) is 3.58. The van der Waals surface area contributed by atoms with Crippen LogP contribution in [0.1, 0.15) is 12.0 Å². The second-order valence-corrected chi connectivity index (χ2v) is 4.51. The van der Waals surface area contributed by atoms with E-state index in [-0.39, 0.29) is 6.42 Å². The lowest BCUT2D eigenvalue weighted by atomic mass is 10.1. The predicted molar refractivity (Wildman–Crippen MR) is 51.8 cm³/mol. The summed E-state index contributed by atoms with van der Waals surface area (Å²) in [5, 5.41) is 0. The number of hydrogen-bond donors (Lipinski definition) is 2. The highest BCUT2D eigenvalue weighted by Gasteiger charge is 2.24. The first-order valence-electron chi connectivity index (χ1n) is 4.13. The fraction of sp³-hybridized carbons (Fsp3) is 0.222. The molecule has 0 aromatic heterocycles. The highest BCUT2D eigenvalue weighted by Crippen LogP contribution is 2.37. The van der Waals surface area contributed by atoms with Crippen LogP contribution in [0.25, 0.3) is 0 Å². The molecule has 0 fully saturated rings. The maximum absolute atomic E-state index is 10.9. The highest BCUT2D eigenvalue weighted by molar-refractivity contribution is 7.70. The highest BCUT2D eigenvalue weighted by atomic mass is 31.2. The lowest BCUT2D eigenvalue weighted by molar-refractivity contribution is -0.113. The molecule has 5 heteroatoms. The average molecular weight is 214 g/mol. The van der Waals surface area contributed by atoms with Gasteiger partial charge >= 0.3 is 7.60 Å². The molecule has 0 aliphatic rings. The third-order valence-electron chi connectivity index (χ3n) is 1.80. The lowest BCUT2D eigenvalue weighted by Crippen LogP contribution is -2.00. The molecule has 1 aromatic carbocycles. The van der Waals surface area contributed by atoms with Crippen molar-refractivity contribution in [3.8, 4) is 0 Å². The zero-order chi connectivity index (χ0) is 10.6. The predicted octanol–water partition coefficient (Wildman–Crippen LogP) is 1.32. The SMILES string of the molecule is O=C(CCc1ccccc1)P(=O)(O)O. The molecule has 0 aliphatic carbocycles. The second-order valence-electron chi connectivity index (χ2n) is 2.92. The number of rotatable bonds is 4. The van der Waals surface area contributed by atoms with E-state index < -0.39 is 13.1 Å². The van der Waals surface area contributed by atoms with Crippen LogP contribution in [0.5, 0.6) is 0 Å². The van der Waals surface area contributed by atoms with Crippen molar-refractivity contribution in [2.45, 2.75) is 12.8 Å². The van der Waals surface area contributed by atoms with Crippen molar-refractivity contribution in [1.82, 2.24) is 0 Å². The molecular weight excluding hydrogens is 203 g/mol. The van der Waals surface area contributed by atoms with Crippen molar-refractivity contribution < 1.29 is 19.1 Å². The normalized spacial score (nSPS) is 11.3. The standard InChI is InChI=1S/C9H11O4P/c10-9(14(11,12)13)7-6-8-4-2-1-3-5-8/h1-5H,6-7H2,(H2,11,12,13). The molecule has 0 radical (unpaired) electrons. The molecule has 0 spiro atoms. The van der Waals surface area contributed by atoms with Crippen molar-refractivity contribution in [3.05, 3.63) is 35.9 Å². The minimum Gasteiger partial charge on any atom is -0.319 e. The Hall–Kier alpha value is -0.960. The summed E-state index contributed by atoms with van der Waals surface area (Å²) in [5.41, 5.74) is -0.101. The Morgan fingerprint density at radius 3 is 2.29 bits per heavy atom. The molecule has 0 saturated carbocycles. The fourth-order valence-electron chi connectivity index (χ4n) is 1.04. The summed E-state index contributed by atoms with van der Waals surface area (Å²) in [4.78, 5) is 27.9. The van der Waals surface area contributed by atoms with Crippen LogP contribution >= 0.6 is 7.60 Å². The van der Waals surface area contributed by atoms with Gasteiger partial charge in [0.15, 0.2) is 0 Å². The molecule has 0 aliphatic heterocycles. The number of hydrogen-bond acceptors (Lipinski definition) is 2. The summed E-state index contributed by atoms with van der Waals surface area (Å²) in [7, 11) is -4.53. The van der Waals surface area contributed by atoms with Crippen LogP contribution in [0.4, 0.5) is 0 Å². The van der Waals surface area contributed by atoms with Crippen LogP contribution in [0.2, 0.25) is 0 Å². The number of carbonyl (C=O) groups excluding carboxylic acids is 1. The molecule has 2 N–H and O–H groups in total. The van der Waals surface area contributed by atoms with Crippen molar-refractivity contribution in [2.24, 2.45) is 0 Å². The Labute approximate surface area is 81.7 Å². The van der Waals surface area contributed by atoms with E-state index in [1.54, 1.807) is 0 Å². The quantitative estimate of drug-likeness (QED) is 0.741. The number of benzene rings is 1. The van der Waals surface area contributed by atoms with Gasteiger partial charge in [-0.1, -0.05) is 30.3 Å². The Morgan fingerprint density at radius 2 is 1.79 bits per heavy atom. The van der Waals surface area contributed by atoms with Gasteiger partial charge in [0, 0.05) is 6.42 Å². The van der Waals surface area contributed by atoms with Crippen molar-refractivity contribution in [3.63, 3.8) is 0 Å². The van der Waals surface area contributed by atoms with Crippen LogP contribution in [-0.2, 0) is 15.8 Å². The largest absolute Gasteiger partial charge is 0.391 e. The number of aryl methyl sites for hydroxylation is 1. The lowest BCUT2D eigenvalue weighted by Gasteiger charge is -2.02. The molecule has 0 amide bonds. The minimum atomic E-state index is -4.53. The van der Waals surface area contributed by atoms with E-state index in [1.165, 1.54) is 0 Å². The van der Waals surface area contributed by atoms with Gasteiger partial charge in [0.25, 0.3) is 0 Å². The van der Waals surface area contributed by atoms with Crippen LogP contribution in [0.3, 0.4) is 0 Å². The zero-order valence-corrected chi connectivity index (χ0v) is 8.35. The van der Waals surface area contributed by atoms with E-state index in [1.807, 2.05) is 30.3 Å². The first kappa shape index (κ1) is 11.1. The minimum absolute atomic E-state index is 0.117. The van der Waals surface area contributed by atoms with Crippen LogP contribution < -0.4 is 0 Å². The molecule has 0 bridgehead atoms. The van der Waals surface area contributed by atoms with Crippen molar-refractivity contribution in [2.75, 3.05) is 0 Å². The zero-order valence-electron chi connectivity index (χ0n) is 7.46. The van der Waals surface area contributed by atoms with E-state index in [0.717, 1.165) is 5.56 Å². The molecule has 0 unspecified atom stereocenters. The van der Waals surface area contributed by atoms with E-state index in [0.29, 0.717) is 6.42 Å². The fourth-order valence-corrected chi connectivity index (χ4v) is 1.44. The Morgan fingerprint density at radius 1 is 1.21 bits per heavy atom. The molecule has 0 saturated heterocycles. The van der Waals surface area contributed by atoms with E-state index in [9.17, 15) is 9.36 Å². The third-order valence-corrected chi connectivity index (χ3v) is 2.67. The summed E-state index contributed by atoms with van der Waals surface area (Å²) >= 11 is 0. The smallest absolute Gasteiger partial charge is 0.319 e. The first-order chi connectivity index (χ1) is 6.50. The van der Waals surface area contributed by atoms with E-state index in [2.05, 4.69) is 0 Å². The Bertz CT molecular complexity index is 354. The molecule has 1 aromatic rings. The summed E-state index contributed by atoms with van der Waals surface area (Å²) in [6.07, 6.45) is 0.249. The summed E-state index contributed by atoms with van der Waals surface area (Å²) < 4.78 is 10.5. The van der Waals surface area contributed by atoms with Crippen LogP contribution in [0, 0.1) is 0 Å². The van der Waals surface area contributed by atoms with Gasteiger partial charge in [0.1, 0.15) is 0 Å². The number of carbonyl (C=O) groups is 1. The molecule has 76 valence electrons. The van der Waals surface area contributed by atoms with Crippen molar-refractivity contribution >= 4 is 13.1 Å². The maximum Gasteiger partial charge on any atom is 0.391 e. The summed E-state index contributed by atoms with van der Waals surface area (Å²) in [6, 6.07) is 9.10. The molecular formula is C9H11O4P. The van der Waals surface area contributed by atoms with Crippen LogP contribution in [0.15, 0.2) is 30.3 Å². The van der Waals surface area contributed by atoms with Crippen LogP contribution in [-0.4, -0.2) is 15.3 Å². The molecule has 14 heavy (non-hydrogen) atoms. The Balaban J connectivity index is 2.51. The molecule has 1 rings (SSSR count). The average Bonchev–Trinajstić information content (AvgIpc) is 2.14. The van der Waals surface area contributed by atoms with Crippen molar-refractivity contribution in [1.29, 1.82) is 0 Å². The van der Waals surface area contributed by atoms with Gasteiger partial charge in [-0.2, -0.15) is 0 Å². The van der Waals surface area contributed by atoms with Gasteiger partial charge in [-0.25, -0.2) is 0 Å². The molecule has 0 heterocycles. The summed E-state index contributed by atoms with van der Waals surface area (Å²) in [5.74, 6) is 0. The maximum atomic E-state index is 10.9. The summed E-state index contributed by atoms with van der Waals surface area (Å²) in [6.45, 7) is 0. The monoisotopic (exact) mass is 214 g/mol. The van der Waals surface area contributed by atoms with Gasteiger partial charge in [0.05, 0.1) is 0 Å². The van der Waals surface area contributed by atoms with E-state index in [4.69, 9.17) is 9.79 Å². The topological polar surface area (TPSA) is 74.6 Å². The third kappa shape index (κ3) is 3.42. The molecule has 4 nitrogen and oxygen atoms in total. The van der Waals surface area contributed by atoms with Gasteiger partial charge in [-0.05, 0) is 12.0 Å². The van der Waals surface area contributed by atoms with Gasteiger partial charge in [0.2, 0.25) is 5.52 Å².